The van der Waals surface area contributed by atoms with E-state index in [1.165, 1.54) is 12.1 Å². The highest BCUT2D eigenvalue weighted by molar-refractivity contribution is 5.18. The van der Waals surface area contributed by atoms with Crippen molar-refractivity contribution >= 4 is 0 Å². The number of nitrogens with one attached hydrogen (secondary N) is 1. The van der Waals surface area contributed by atoms with Crippen molar-refractivity contribution in [2.75, 3.05) is 13.1 Å². The van der Waals surface area contributed by atoms with Gasteiger partial charge in [-0.2, -0.15) is 0 Å². The monoisotopic (exact) mass is 227 g/mol. The minimum absolute atomic E-state index is 0.285. The Hall–Kier alpha value is -0.970. The second-order valence-corrected chi connectivity index (χ2v) is 4.51. The van der Waals surface area contributed by atoms with Crippen molar-refractivity contribution in [1.82, 2.24) is 5.32 Å². The average Bonchev–Trinajstić information content (AvgIpc) is 2.15. The molecule has 0 bridgehead atoms. The van der Waals surface area contributed by atoms with Gasteiger partial charge in [0, 0.05) is 13.1 Å². The number of aliphatic hydroxyl groups is 2. The lowest BCUT2D eigenvalue weighted by Gasteiger charge is -2.19. The SMILES string of the molecule is CC(C)(O)CNCC(O)c1cccc(F)c1. The van der Waals surface area contributed by atoms with Gasteiger partial charge in [0.2, 0.25) is 0 Å². The lowest BCUT2D eigenvalue weighted by atomic mass is 10.1. The van der Waals surface area contributed by atoms with Crippen molar-refractivity contribution in [1.29, 1.82) is 0 Å². The van der Waals surface area contributed by atoms with Gasteiger partial charge in [-0.05, 0) is 31.5 Å². The number of hydrogen-bond donors (Lipinski definition) is 3. The summed E-state index contributed by atoms with van der Waals surface area (Å²) in [6, 6.07) is 5.86. The van der Waals surface area contributed by atoms with Crippen molar-refractivity contribution in [3.8, 4) is 0 Å². The van der Waals surface area contributed by atoms with E-state index in [0.717, 1.165) is 0 Å². The third-order valence-corrected chi connectivity index (χ3v) is 2.13. The van der Waals surface area contributed by atoms with Gasteiger partial charge in [-0.25, -0.2) is 4.39 Å². The molecule has 0 aliphatic rings. The molecule has 1 aromatic rings. The number of halogens is 1. The van der Waals surface area contributed by atoms with Crippen molar-refractivity contribution in [2.45, 2.75) is 25.6 Å². The molecule has 1 unspecified atom stereocenters. The topological polar surface area (TPSA) is 52.5 Å². The Morgan fingerprint density at radius 1 is 1.44 bits per heavy atom. The minimum atomic E-state index is -0.818. The summed E-state index contributed by atoms with van der Waals surface area (Å²) in [6.45, 7) is 4.01. The van der Waals surface area contributed by atoms with Crippen molar-refractivity contribution in [2.24, 2.45) is 0 Å². The van der Waals surface area contributed by atoms with Gasteiger partial charge < -0.3 is 15.5 Å². The molecule has 0 aliphatic heterocycles. The highest BCUT2D eigenvalue weighted by atomic mass is 19.1. The standard InChI is InChI=1S/C12H18FNO2/c1-12(2,16)8-14-7-11(15)9-4-3-5-10(13)6-9/h3-6,11,14-16H,7-8H2,1-2H3. The van der Waals surface area contributed by atoms with E-state index in [1.54, 1.807) is 26.0 Å². The first-order chi connectivity index (χ1) is 7.38. The smallest absolute Gasteiger partial charge is 0.123 e. The van der Waals surface area contributed by atoms with Crippen molar-refractivity contribution in [3.05, 3.63) is 35.6 Å². The van der Waals surface area contributed by atoms with Gasteiger partial charge in [-0.1, -0.05) is 12.1 Å². The molecule has 0 saturated heterocycles. The Morgan fingerprint density at radius 2 is 2.12 bits per heavy atom. The van der Waals surface area contributed by atoms with E-state index in [4.69, 9.17) is 0 Å². The van der Waals surface area contributed by atoms with Crippen LogP contribution in [0.15, 0.2) is 24.3 Å². The predicted octanol–water partition coefficient (Wildman–Crippen LogP) is 1.22. The number of rotatable bonds is 5. The van der Waals surface area contributed by atoms with Crippen LogP contribution in [0.25, 0.3) is 0 Å². The highest BCUT2D eigenvalue weighted by Crippen LogP contribution is 2.13. The molecule has 0 spiro atoms. The van der Waals surface area contributed by atoms with Crippen molar-refractivity contribution < 1.29 is 14.6 Å². The first-order valence-electron chi connectivity index (χ1n) is 5.25. The molecule has 1 atom stereocenters. The molecule has 4 heteroatoms. The maximum Gasteiger partial charge on any atom is 0.123 e. The second kappa shape index (κ2) is 5.39. The fraction of sp³-hybridized carbons (Fsp3) is 0.500. The van der Waals surface area contributed by atoms with E-state index in [9.17, 15) is 14.6 Å². The summed E-state index contributed by atoms with van der Waals surface area (Å²) in [5.41, 5.74) is -0.287. The molecule has 0 saturated carbocycles. The summed E-state index contributed by atoms with van der Waals surface area (Å²) in [7, 11) is 0. The van der Waals surface area contributed by atoms with Crippen LogP contribution in [0.1, 0.15) is 25.5 Å². The van der Waals surface area contributed by atoms with Crippen molar-refractivity contribution in [3.63, 3.8) is 0 Å². The van der Waals surface area contributed by atoms with E-state index >= 15 is 0 Å². The van der Waals surface area contributed by atoms with Gasteiger partial charge in [0.05, 0.1) is 11.7 Å². The Bertz CT molecular complexity index is 336. The van der Waals surface area contributed by atoms with Crippen LogP contribution in [0.2, 0.25) is 0 Å². The summed E-state index contributed by atoms with van der Waals surface area (Å²) in [6.07, 6.45) is -0.766. The maximum atomic E-state index is 12.9. The summed E-state index contributed by atoms with van der Waals surface area (Å²) in [5, 5.41) is 22.1. The number of aliphatic hydroxyl groups excluding tert-OH is 1. The van der Waals surface area contributed by atoms with Crippen LogP contribution < -0.4 is 5.32 Å². The molecule has 0 aromatic heterocycles. The zero-order chi connectivity index (χ0) is 12.2. The van der Waals surface area contributed by atoms with Gasteiger partial charge in [0.25, 0.3) is 0 Å². The molecular weight excluding hydrogens is 209 g/mol. The molecule has 0 radical (unpaired) electrons. The Labute approximate surface area is 94.9 Å². The Balaban J connectivity index is 2.44. The van der Waals surface area contributed by atoms with Crippen LogP contribution in [-0.2, 0) is 0 Å². The molecule has 1 rings (SSSR count). The van der Waals surface area contributed by atoms with Gasteiger partial charge >= 0.3 is 0 Å². The fourth-order valence-electron chi connectivity index (χ4n) is 1.35. The van der Waals surface area contributed by atoms with Gasteiger partial charge in [0.1, 0.15) is 5.82 Å². The van der Waals surface area contributed by atoms with E-state index in [0.29, 0.717) is 12.1 Å². The highest BCUT2D eigenvalue weighted by Gasteiger charge is 2.13. The van der Waals surface area contributed by atoms with Crippen LogP contribution in [-0.4, -0.2) is 28.9 Å². The zero-order valence-electron chi connectivity index (χ0n) is 9.57. The summed E-state index contributed by atoms with van der Waals surface area (Å²) < 4.78 is 12.9. The van der Waals surface area contributed by atoms with Gasteiger partial charge in [0.15, 0.2) is 0 Å². The third kappa shape index (κ3) is 4.70. The van der Waals surface area contributed by atoms with Crippen LogP contribution in [0.5, 0.6) is 0 Å². The maximum absolute atomic E-state index is 12.9. The molecular formula is C12H18FNO2. The normalized spacial score (nSPS) is 13.8. The fourth-order valence-corrected chi connectivity index (χ4v) is 1.35. The lowest BCUT2D eigenvalue weighted by Crippen LogP contribution is -2.36. The van der Waals surface area contributed by atoms with Crippen LogP contribution in [0.4, 0.5) is 4.39 Å². The minimum Gasteiger partial charge on any atom is -0.389 e. The van der Waals surface area contributed by atoms with Crippen LogP contribution >= 0.6 is 0 Å². The summed E-state index contributed by atoms with van der Waals surface area (Å²) >= 11 is 0. The largest absolute Gasteiger partial charge is 0.389 e. The molecule has 16 heavy (non-hydrogen) atoms. The molecule has 3 nitrogen and oxygen atoms in total. The molecule has 1 aromatic carbocycles. The molecule has 0 amide bonds. The number of benzene rings is 1. The first kappa shape index (κ1) is 13.1. The van der Waals surface area contributed by atoms with E-state index in [-0.39, 0.29) is 12.4 Å². The molecule has 0 fully saturated rings. The zero-order valence-corrected chi connectivity index (χ0v) is 9.57. The van der Waals surface area contributed by atoms with Crippen LogP contribution in [0.3, 0.4) is 0 Å². The first-order valence-corrected chi connectivity index (χ1v) is 5.25. The Kier molecular flexibility index (Phi) is 4.41. The third-order valence-electron chi connectivity index (χ3n) is 2.13. The molecule has 90 valence electrons. The molecule has 0 aliphatic carbocycles. The molecule has 3 N–H and O–H groups in total. The quantitative estimate of drug-likeness (QED) is 0.709. The summed E-state index contributed by atoms with van der Waals surface area (Å²) in [4.78, 5) is 0. The van der Waals surface area contributed by atoms with Crippen LogP contribution in [0, 0.1) is 5.82 Å². The van der Waals surface area contributed by atoms with Gasteiger partial charge in [-0.15, -0.1) is 0 Å². The predicted molar refractivity (Wildman–Crippen MR) is 60.5 cm³/mol. The van der Waals surface area contributed by atoms with E-state index in [1.807, 2.05) is 0 Å². The lowest BCUT2D eigenvalue weighted by molar-refractivity contribution is 0.0739. The average molecular weight is 227 g/mol. The second-order valence-electron chi connectivity index (χ2n) is 4.51. The number of hydrogen-bond acceptors (Lipinski definition) is 3. The van der Waals surface area contributed by atoms with E-state index in [2.05, 4.69) is 5.32 Å². The Morgan fingerprint density at radius 3 is 2.69 bits per heavy atom. The van der Waals surface area contributed by atoms with Gasteiger partial charge in [-0.3, -0.25) is 0 Å². The van der Waals surface area contributed by atoms with E-state index < -0.39 is 11.7 Å². The summed E-state index contributed by atoms with van der Waals surface area (Å²) in [5.74, 6) is -0.362. The molecule has 0 heterocycles.